The highest BCUT2D eigenvalue weighted by atomic mass is 16.6. The lowest BCUT2D eigenvalue weighted by atomic mass is 10.1. The quantitative estimate of drug-likeness (QED) is 0.169. The molecule has 1 saturated heterocycles. The molecule has 0 bridgehead atoms. The third-order valence-corrected chi connectivity index (χ3v) is 8.24. The molecule has 2 N–H and O–H groups in total. The number of rotatable bonds is 4. The number of hydrogen-bond acceptors (Lipinski definition) is 6. The van der Waals surface area contributed by atoms with E-state index in [2.05, 4.69) is 31.8 Å². The molecule has 0 spiro atoms. The normalized spacial score (nSPS) is 17.8. The van der Waals surface area contributed by atoms with Crippen LogP contribution in [0.5, 0.6) is 0 Å². The summed E-state index contributed by atoms with van der Waals surface area (Å²) in [7, 11) is 0. The molecule has 0 aliphatic carbocycles. The molecule has 49 heavy (non-hydrogen) atoms. The monoisotopic (exact) mass is 660 g/mol. The zero-order valence-electron chi connectivity index (χ0n) is 29.3. The molecule has 254 valence electrons. The number of hydrogen-bond donors (Lipinski definition) is 2. The van der Waals surface area contributed by atoms with Crippen molar-refractivity contribution in [2.24, 2.45) is 0 Å². The highest BCUT2D eigenvalue weighted by Crippen LogP contribution is 2.34. The van der Waals surface area contributed by atoms with E-state index in [1.165, 1.54) is 0 Å². The Labute approximate surface area is 287 Å². The summed E-state index contributed by atoms with van der Waals surface area (Å²) in [5.74, 6) is 7.97. The fourth-order valence-corrected chi connectivity index (χ4v) is 5.99. The van der Waals surface area contributed by atoms with Crippen LogP contribution in [0.2, 0.25) is 0 Å². The largest absolute Gasteiger partial charge is 0.444 e. The first-order chi connectivity index (χ1) is 23.2. The highest BCUT2D eigenvalue weighted by molar-refractivity contribution is 5.71. The number of amides is 2. The molecule has 0 saturated carbocycles. The number of likely N-dealkylation sites (tertiary alicyclic amines) is 1. The summed E-state index contributed by atoms with van der Waals surface area (Å²) in [6.45, 7) is 14.4. The first-order valence-electron chi connectivity index (χ1n) is 16.7. The van der Waals surface area contributed by atoms with Crippen molar-refractivity contribution in [2.75, 3.05) is 13.1 Å². The van der Waals surface area contributed by atoms with Crippen LogP contribution in [-0.2, 0) is 9.47 Å². The Bertz CT molecular complexity index is 1910. The molecule has 4 aromatic rings. The van der Waals surface area contributed by atoms with Gasteiger partial charge >= 0.3 is 12.2 Å². The van der Waals surface area contributed by atoms with Crippen LogP contribution in [0.3, 0.4) is 0 Å². The van der Waals surface area contributed by atoms with E-state index in [-0.39, 0.29) is 24.3 Å². The molecule has 2 aliphatic rings. The molecule has 2 aromatic heterocycles. The van der Waals surface area contributed by atoms with Crippen LogP contribution in [0.1, 0.15) is 96.2 Å². The van der Waals surface area contributed by atoms with Gasteiger partial charge in [0.2, 0.25) is 0 Å². The Kier molecular flexibility index (Phi) is 9.12. The summed E-state index contributed by atoms with van der Waals surface area (Å²) in [5.41, 5.74) is 5.48. The lowest BCUT2D eigenvalue weighted by Crippen LogP contribution is -2.37. The lowest BCUT2D eigenvalue weighted by Gasteiger charge is -2.27. The number of carbonyl (C=O) groups excluding carboxylic acids is 2. The Morgan fingerprint density at radius 2 is 1.24 bits per heavy atom. The van der Waals surface area contributed by atoms with E-state index in [1.54, 1.807) is 16.0 Å². The molecule has 1 fully saturated rings. The number of aromatic nitrogens is 4. The van der Waals surface area contributed by atoms with Gasteiger partial charge in [0.25, 0.3) is 0 Å². The summed E-state index contributed by atoms with van der Waals surface area (Å²) < 4.78 is 11.2. The van der Waals surface area contributed by atoms with Gasteiger partial charge in [-0.15, -0.1) is 0 Å². The van der Waals surface area contributed by atoms with Crippen LogP contribution in [0, 0.1) is 11.8 Å². The average Bonchev–Trinajstić information content (AvgIpc) is 3.85. The SMILES string of the molecule is CC1=CC(c2ncc(-c3ccc(C#Cc4ccc(-c5cnc(C6CCCN6C(=O)OC(C)(C)C)[nH]5)cc4)cc3)[nH]2)N(C(=O)OC(C)(C)C)C1. The Morgan fingerprint density at radius 3 is 1.78 bits per heavy atom. The molecule has 2 amide bonds. The Balaban J connectivity index is 1.09. The molecule has 2 atom stereocenters. The van der Waals surface area contributed by atoms with E-state index in [4.69, 9.17) is 9.47 Å². The molecule has 6 rings (SSSR count). The van der Waals surface area contributed by atoms with Gasteiger partial charge in [0.1, 0.15) is 28.9 Å². The first-order valence-corrected chi connectivity index (χ1v) is 16.7. The van der Waals surface area contributed by atoms with Gasteiger partial charge in [-0.05, 0) is 96.7 Å². The van der Waals surface area contributed by atoms with E-state index in [0.717, 1.165) is 57.9 Å². The van der Waals surface area contributed by atoms with Gasteiger partial charge < -0.3 is 19.4 Å². The van der Waals surface area contributed by atoms with Crippen LogP contribution in [-0.4, -0.2) is 66.2 Å². The molecule has 4 heterocycles. The minimum Gasteiger partial charge on any atom is -0.444 e. The van der Waals surface area contributed by atoms with Gasteiger partial charge in [0.15, 0.2) is 0 Å². The molecule has 2 aliphatic heterocycles. The summed E-state index contributed by atoms with van der Waals surface area (Å²) in [4.78, 5) is 45.1. The number of carbonyl (C=O) groups is 2. The van der Waals surface area contributed by atoms with Crippen LogP contribution in [0.4, 0.5) is 9.59 Å². The van der Waals surface area contributed by atoms with Crippen LogP contribution in [0.25, 0.3) is 22.5 Å². The van der Waals surface area contributed by atoms with Gasteiger partial charge in [-0.2, -0.15) is 0 Å². The van der Waals surface area contributed by atoms with Crippen molar-refractivity contribution < 1.29 is 19.1 Å². The topological polar surface area (TPSA) is 116 Å². The minimum absolute atomic E-state index is 0.126. The number of H-pyrrole nitrogens is 2. The van der Waals surface area contributed by atoms with E-state index in [0.29, 0.717) is 18.9 Å². The predicted molar refractivity (Wildman–Crippen MR) is 188 cm³/mol. The lowest BCUT2D eigenvalue weighted by molar-refractivity contribution is 0.0213. The smallest absolute Gasteiger partial charge is 0.411 e. The van der Waals surface area contributed by atoms with Crippen LogP contribution >= 0.6 is 0 Å². The zero-order chi connectivity index (χ0) is 34.9. The van der Waals surface area contributed by atoms with Gasteiger partial charge in [-0.1, -0.05) is 47.8 Å². The Morgan fingerprint density at radius 1 is 0.755 bits per heavy atom. The van der Waals surface area contributed by atoms with Crippen LogP contribution < -0.4 is 0 Å². The maximum absolute atomic E-state index is 12.9. The van der Waals surface area contributed by atoms with Crippen LogP contribution in [0.15, 0.2) is 72.6 Å². The van der Waals surface area contributed by atoms with Crippen molar-refractivity contribution in [1.82, 2.24) is 29.7 Å². The van der Waals surface area contributed by atoms with E-state index in [1.807, 2.05) is 109 Å². The number of aromatic amines is 2. The zero-order valence-corrected chi connectivity index (χ0v) is 29.3. The van der Waals surface area contributed by atoms with Crippen molar-refractivity contribution in [1.29, 1.82) is 0 Å². The summed E-state index contributed by atoms with van der Waals surface area (Å²) in [5, 5.41) is 0. The number of nitrogens with zero attached hydrogens (tertiary/aromatic N) is 4. The molecular weight excluding hydrogens is 616 g/mol. The third kappa shape index (κ3) is 8.06. The molecule has 10 nitrogen and oxygen atoms in total. The fraction of sp³-hybridized carbons (Fsp3) is 0.385. The standard InChI is InChI=1S/C39H44N6O4/c1-25-21-33(45(24-25)37(47)49-39(5,6)7)35-41-23-31(43-35)29-18-14-27(15-19-29)11-10-26-12-16-28(17-13-26)30-22-40-34(42-30)32-9-8-20-44(32)36(46)48-38(2,3)4/h12-19,21-23,32-33H,8-9,20,24H2,1-7H3,(H,40,42)(H,41,43). The van der Waals surface area contributed by atoms with Gasteiger partial charge in [0, 0.05) is 24.2 Å². The number of ether oxygens (including phenoxy) is 2. The van der Waals surface area contributed by atoms with Crippen molar-refractivity contribution in [3.05, 3.63) is 95.3 Å². The first kappa shape index (κ1) is 33.6. The molecule has 10 heteroatoms. The van der Waals surface area contributed by atoms with E-state index < -0.39 is 11.2 Å². The number of nitrogens with one attached hydrogen (secondary N) is 2. The summed E-state index contributed by atoms with van der Waals surface area (Å²) in [6.07, 6.45) is 6.74. The fourth-order valence-electron chi connectivity index (χ4n) is 5.99. The minimum atomic E-state index is -0.574. The number of benzene rings is 2. The third-order valence-electron chi connectivity index (χ3n) is 8.24. The maximum Gasteiger partial charge on any atom is 0.411 e. The average molecular weight is 661 g/mol. The summed E-state index contributed by atoms with van der Waals surface area (Å²) >= 11 is 0. The van der Waals surface area contributed by atoms with Crippen molar-refractivity contribution in [2.45, 2.75) is 84.6 Å². The second-order valence-corrected chi connectivity index (χ2v) is 14.7. The van der Waals surface area contributed by atoms with Crippen molar-refractivity contribution in [3.8, 4) is 34.4 Å². The van der Waals surface area contributed by atoms with Crippen molar-refractivity contribution in [3.63, 3.8) is 0 Å². The van der Waals surface area contributed by atoms with Crippen molar-refractivity contribution >= 4 is 12.2 Å². The molecule has 2 aromatic carbocycles. The van der Waals surface area contributed by atoms with Gasteiger partial charge in [-0.25, -0.2) is 19.6 Å². The summed E-state index contributed by atoms with van der Waals surface area (Å²) in [6, 6.07) is 15.6. The second kappa shape index (κ2) is 13.3. The number of imidazole rings is 2. The maximum atomic E-state index is 12.9. The van der Waals surface area contributed by atoms with Gasteiger partial charge in [0.05, 0.1) is 29.8 Å². The van der Waals surface area contributed by atoms with E-state index >= 15 is 0 Å². The second-order valence-electron chi connectivity index (χ2n) is 14.7. The predicted octanol–water partition coefficient (Wildman–Crippen LogP) is 8.18. The Hall–Kier alpha value is -5.30. The molecular formula is C39H44N6O4. The molecule has 2 unspecified atom stereocenters. The molecule has 0 radical (unpaired) electrons. The van der Waals surface area contributed by atoms with E-state index in [9.17, 15) is 9.59 Å². The highest BCUT2D eigenvalue weighted by Gasteiger charge is 2.35. The van der Waals surface area contributed by atoms with Gasteiger partial charge in [-0.3, -0.25) is 9.80 Å².